The summed E-state index contributed by atoms with van der Waals surface area (Å²) in [5, 5.41) is 4.82. The summed E-state index contributed by atoms with van der Waals surface area (Å²) in [5.41, 5.74) is 10.9. The minimum atomic E-state index is -0.158. The SMILES string of the molecule is COCC1CC(CNCc2c(C)n(Cc3ccccc3F)c3ccccc23)NN1. The number of methoxy groups -OCH3 is 1. The number of aromatic nitrogens is 1. The molecule has 2 aromatic carbocycles. The van der Waals surface area contributed by atoms with Crippen molar-refractivity contribution >= 4 is 10.9 Å². The first-order chi connectivity index (χ1) is 14.2. The van der Waals surface area contributed by atoms with Gasteiger partial charge in [-0.05, 0) is 31.0 Å². The third-order valence-electron chi connectivity index (χ3n) is 5.77. The van der Waals surface area contributed by atoms with Crippen LogP contribution in [0.1, 0.15) is 23.2 Å². The normalized spacial score (nSPS) is 19.3. The molecule has 1 fully saturated rings. The number of nitrogens with one attached hydrogen (secondary N) is 3. The standard InChI is InChI=1S/C23H29FN4O/c1-16-21(13-25-12-18-11-19(15-29-2)27-26-18)20-8-4-6-10-23(20)28(16)14-17-7-3-5-9-22(17)24/h3-10,18-19,25-27H,11-15H2,1-2H3. The quantitative estimate of drug-likeness (QED) is 0.548. The van der Waals surface area contributed by atoms with E-state index in [4.69, 9.17) is 4.74 Å². The zero-order chi connectivity index (χ0) is 20.2. The van der Waals surface area contributed by atoms with E-state index in [2.05, 4.69) is 45.9 Å². The van der Waals surface area contributed by atoms with Crippen LogP contribution in [0.3, 0.4) is 0 Å². The van der Waals surface area contributed by atoms with Crippen LogP contribution in [0.5, 0.6) is 0 Å². The Bertz CT molecular complexity index is 971. The average Bonchev–Trinajstić information content (AvgIpc) is 3.28. The second-order valence-electron chi connectivity index (χ2n) is 7.76. The van der Waals surface area contributed by atoms with Crippen molar-refractivity contribution < 1.29 is 9.13 Å². The van der Waals surface area contributed by atoms with Crippen molar-refractivity contribution in [1.82, 2.24) is 20.7 Å². The molecule has 3 N–H and O–H groups in total. The molecule has 0 saturated carbocycles. The van der Waals surface area contributed by atoms with Gasteiger partial charge in [-0.15, -0.1) is 0 Å². The zero-order valence-electron chi connectivity index (χ0n) is 17.0. The molecular weight excluding hydrogens is 367 g/mol. The van der Waals surface area contributed by atoms with Gasteiger partial charge in [0.25, 0.3) is 0 Å². The Hall–Kier alpha value is -2.25. The Morgan fingerprint density at radius 3 is 2.69 bits per heavy atom. The van der Waals surface area contributed by atoms with Gasteiger partial charge in [-0.3, -0.25) is 10.9 Å². The highest BCUT2D eigenvalue weighted by Gasteiger charge is 2.23. The van der Waals surface area contributed by atoms with E-state index in [9.17, 15) is 4.39 Å². The van der Waals surface area contributed by atoms with E-state index in [1.807, 2.05) is 18.2 Å². The number of hydrazine groups is 1. The van der Waals surface area contributed by atoms with Crippen molar-refractivity contribution in [3.05, 3.63) is 71.2 Å². The van der Waals surface area contributed by atoms with Crippen molar-refractivity contribution in [2.75, 3.05) is 20.3 Å². The molecule has 4 rings (SSSR count). The van der Waals surface area contributed by atoms with Gasteiger partial charge in [-0.1, -0.05) is 36.4 Å². The lowest BCUT2D eigenvalue weighted by molar-refractivity contribution is 0.171. The first-order valence-electron chi connectivity index (χ1n) is 10.2. The van der Waals surface area contributed by atoms with Gasteiger partial charge in [0.1, 0.15) is 5.82 Å². The second-order valence-corrected chi connectivity index (χ2v) is 7.76. The fourth-order valence-electron chi connectivity index (χ4n) is 4.24. The van der Waals surface area contributed by atoms with Crippen molar-refractivity contribution in [1.29, 1.82) is 0 Å². The number of hydrogen-bond donors (Lipinski definition) is 3. The van der Waals surface area contributed by atoms with E-state index in [0.717, 1.165) is 25.0 Å². The molecule has 1 aromatic heterocycles. The zero-order valence-corrected chi connectivity index (χ0v) is 17.0. The average molecular weight is 397 g/mol. The largest absolute Gasteiger partial charge is 0.383 e. The van der Waals surface area contributed by atoms with Gasteiger partial charge in [0.2, 0.25) is 0 Å². The lowest BCUT2D eigenvalue weighted by Gasteiger charge is -2.12. The molecule has 6 heteroatoms. The first-order valence-corrected chi connectivity index (χ1v) is 10.2. The van der Waals surface area contributed by atoms with Crippen LogP contribution in [0, 0.1) is 12.7 Å². The predicted molar refractivity (Wildman–Crippen MR) is 114 cm³/mol. The number of nitrogens with zero attached hydrogens (tertiary/aromatic N) is 1. The molecule has 1 saturated heterocycles. The van der Waals surface area contributed by atoms with Crippen LogP contribution in [0.2, 0.25) is 0 Å². The van der Waals surface area contributed by atoms with Crippen LogP contribution in [0.15, 0.2) is 48.5 Å². The lowest BCUT2D eigenvalue weighted by Crippen LogP contribution is -2.39. The molecule has 2 heterocycles. The Morgan fingerprint density at radius 2 is 1.86 bits per heavy atom. The van der Waals surface area contributed by atoms with Gasteiger partial charge < -0.3 is 14.6 Å². The van der Waals surface area contributed by atoms with Crippen LogP contribution in [0.4, 0.5) is 4.39 Å². The molecule has 0 aliphatic carbocycles. The number of benzene rings is 2. The summed E-state index contributed by atoms with van der Waals surface area (Å²) in [6.07, 6.45) is 1.04. The number of ether oxygens (including phenoxy) is 1. The minimum absolute atomic E-state index is 0.158. The van der Waals surface area contributed by atoms with E-state index in [-0.39, 0.29) is 5.82 Å². The fourth-order valence-corrected chi connectivity index (χ4v) is 4.24. The van der Waals surface area contributed by atoms with Crippen molar-refractivity contribution in [2.45, 2.75) is 38.5 Å². The van der Waals surface area contributed by atoms with Crippen molar-refractivity contribution in [3.63, 3.8) is 0 Å². The number of para-hydroxylation sites is 1. The third kappa shape index (κ3) is 4.36. The molecule has 2 atom stereocenters. The van der Waals surface area contributed by atoms with Gasteiger partial charge in [-0.2, -0.15) is 0 Å². The maximum absolute atomic E-state index is 14.2. The summed E-state index contributed by atoms with van der Waals surface area (Å²) >= 11 is 0. The summed E-state index contributed by atoms with van der Waals surface area (Å²) in [6, 6.07) is 16.1. The van der Waals surface area contributed by atoms with Crippen LogP contribution in [-0.2, 0) is 17.8 Å². The molecule has 5 nitrogen and oxygen atoms in total. The summed E-state index contributed by atoms with van der Waals surface area (Å²) in [5.74, 6) is -0.158. The Kier molecular flexibility index (Phi) is 6.25. The smallest absolute Gasteiger partial charge is 0.128 e. The summed E-state index contributed by atoms with van der Waals surface area (Å²) in [7, 11) is 1.73. The van der Waals surface area contributed by atoms with Crippen LogP contribution >= 0.6 is 0 Å². The Labute approximate surface area is 171 Å². The van der Waals surface area contributed by atoms with E-state index in [1.54, 1.807) is 13.2 Å². The molecule has 2 unspecified atom stereocenters. The molecule has 29 heavy (non-hydrogen) atoms. The monoisotopic (exact) mass is 396 g/mol. The molecule has 154 valence electrons. The summed E-state index contributed by atoms with van der Waals surface area (Å²) in [4.78, 5) is 0. The molecule has 3 aromatic rings. The Morgan fingerprint density at radius 1 is 1.10 bits per heavy atom. The predicted octanol–water partition coefficient (Wildman–Crippen LogP) is 3.11. The highest BCUT2D eigenvalue weighted by Crippen LogP contribution is 2.27. The van der Waals surface area contributed by atoms with Crippen molar-refractivity contribution in [3.8, 4) is 0 Å². The number of fused-ring (bicyclic) bond motifs is 1. The topological polar surface area (TPSA) is 50.2 Å². The molecule has 0 spiro atoms. The third-order valence-corrected chi connectivity index (χ3v) is 5.77. The van der Waals surface area contributed by atoms with Crippen molar-refractivity contribution in [2.24, 2.45) is 0 Å². The van der Waals surface area contributed by atoms with Crippen LogP contribution in [0.25, 0.3) is 10.9 Å². The fraction of sp³-hybridized carbons (Fsp3) is 0.391. The molecule has 0 bridgehead atoms. The van der Waals surface area contributed by atoms with Gasteiger partial charge in [0, 0.05) is 54.4 Å². The summed E-state index contributed by atoms with van der Waals surface area (Å²) < 4.78 is 21.7. The number of rotatable bonds is 8. The number of halogens is 1. The van der Waals surface area contributed by atoms with E-state index >= 15 is 0 Å². The highest BCUT2D eigenvalue weighted by molar-refractivity contribution is 5.85. The first kappa shape index (κ1) is 20.0. The number of hydrogen-bond acceptors (Lipinski definition) is 4. The summed E-state index contributed by atoms with van der Waals surface area (Å²) in [6.45, 7) is 5.03. The minimum Gasteiger partial charge on any atom is -0.383 e. The van der Waals surface area contributed by atoms with Gasteiger partial charge in [0.15, 0.2) is 0 Å². The maximum atomic E-state index is 14.2. The van der Waals surface area contributed by atoms with Gasteiger partial charge in [0.05, 0.1) is 13.2 Å². The maximum Gasteiger partial charge on any atom is 0.128 e. The Balaban J connectivity index is 1.50. The molecule has 0 radical (unpaired) electrons. The lowest BCUT2D eigenvalue weighted by atomic mass is 10.1. The van der Waals surface area contributed by atoms with Gasteiger partial charge >= 0.3 is 0 Å². The van der Waals surface area contributed by atoms with E-state index in [1.165, 1.54) is 22.7 Å². The van der Waals surface area contributed by atoms with E-state index in [0.29, 0.717) is 30.8 Å². The van der Waals surface area contributed by atoms with Gasteiger partial charge in [-0.25, -0.2) is 4.39 Å². The molecule has 0 amide bonds. The van der Waals surface area contributed by atoms with E-state index < -0.39 is 0 Å². The molecule has 1 aliphatic rings. The second kappa shape index (κ2) is 9.05. The van der Waals surface area contributed by atoms with Crippen LogP contribution < -0.4 is 16.2 Å². The molecule has 1 aliphatic heterocycles. The highest BCUT2D eigenvalue weighted by atomic mass is 19.1. The van der Waals surface area contributed by atoms with Crippen LogP contribution in [-0.4, -0.2) is 36.9 Å². The molecular formula is C23H29FN4O.